The number of thioether (sulfide) groups is 1. The lowest BCUT2D eigenvalue weighted by atomic mass is 10.1. The third-order valence-electron chi connectivity index (χ3n) is 3.21. The van der Waals surface area contributed by atoms with Crippen molar-refractivity contribution in [2.75, 3.05) is 0 Å². The molecule has 3 rings (SSSR count). The molecule has 22 heavy (non-hydrogen) atoms. The number of aromatic nitrogens is 1. The summed E-state index contributed by atoms with van der Waals surface area (Å²) < 4.78 is 5.24. The number of nitrogens with zero attached hydrogens (tertiary/aromatic N) is 1. The Morgan fingerprint density at radius 2 is 1.91 bits per heavy atom. The van der Waals surface area contributed by atoms with E-state index in [1.54, 1.807) is 18.0 Å². The van der Waals surface area contributed by atoms with Crippen LogP contribution >= 0.6 is 11.8 Å². The van der Waals surface area contributed by atoms with Gasteiger partial charge in [-0.3, -0.25) is 9.78 Å². The molecular weight excluding hydrogens is 294 g/mol. The molecule has 110 valence electrons. The molecule has 3 nitrogen and oxygen atoms in total. The lowest BCUT2D eigenvalue weighted by Crippen LogP contribution is -2.02. The number of fused-ring (bicyclic) bond motifs is 1. The smallest absolute Gasteiger partial charge is 0.308 e. The fraction of sp³-hybridized carbons (Fsp3) is 0.111. The summed E-state index contributed by atoms with van der Waals surface area (Å²) in [6.45, 7) is 1.40. The Balaban J connectivity index is 1.92. The van der Waals surface area contributed by atoms with Gasteiger partial charge < -0.3 is 4.74 Å². The van der Waals surface area contributed by atoms with Gasteiger partial charge in [0.15, 0.2) is 5.75 Å². The van der Waals surface area contributed by atoms with Gasteiger partial charge in [0.25, 0.3) is 0 Å². The molecule has 3 aromatic rings. The molecule has 0 N–H and O–H groups in total. The van der Waals surface area contributed by atoms with Crippen LogP contribution in [0.4, 0.5) is 0 Å². The molecule has 0 saturated heterocycles. The van der Waals surface area contributed by atoms with Gasteiger partial charge in [0.05, 0.1) is 0 Å². The van der Waals surface area contributed by atoms with Gasteiger partial charge in [-0.1, -0.05) is 30.3 Å². The minimum atomic E-state index is -0.335. The molecule has 0 spiro atoms. The van der Waals surface area contributed by atoms with Crippen LogP contribution in [-0.2, 0) is 10.5 Å². The molecule has 0 saturated carbocycles. The Morgan fingerprint density at radius 3 is 2.68 bits per heavy atom. The van der Waals surface area contributed by atoms with Crippen LogP contribution in [0.1, 0.15) is 12.5 Å². The molecule has 0 radical (unpaired) electrons. The lowest BCUT2D eigenvalue weighted by molar-refractivity contribution is -0.131. The quantitative estimate of drug-likeness (QED) is 0.405. The number of esters is 1. The topological polar surface area (TPSA) is 39.2 Å². The van der Waals surface area contributed by atoms with Gasteiger partial charge in [0.1, 0.15) is 5.52 Å². The summed E-state index contributed by atoms with van der Waals surface area (Å²) in [6, 6.07) is 18.0. The number of benzene rings is 2. The zero-order valence-electron chi connectivity index (χ0n) is 12.2. The number of ether oxygens (including phenoxy) is 1. The number of carbonyl (C=O) groups is 1. The Bertz CT molecular complexity index is 803. The van der Waals surface area contributed by atoms with Crippen LogP contribution in [0.5, 0.6) is 5.75 Å². The summed E-state index contributed by atoms with van der Waals surface area (Å²) in [5.74, 6) is 1.02. The number of rotatable bonds is 4. The predicted octanol–water partition coefficient (Wildman–Crippen LogP) is 4.45. The van der Waals surface area contributed by atoms with Crippen LogP contribution < -0.4 is 4.74 Å². The van der Waals surface area contributed by atoms with E-state index in [-0.39, 0.29) is 5.97 Å². The largest absolute Gasteiger partial charge is 0.424 e. The predicted molar refractivity (Wildman–Crippen MR) is 89.1 cm³/mol. The van der Waals surface area contributed by atoms with E-state index in [1.165, 1.54) is 17.4 Å². The second kappa shape index (κ2) is 6.62. The highest BCUT2D eigenvalue weighted by atomic mass is 32.2. The van der Waals surface area contributed by atoms with Gasteiger partial charge in [-0.2, -0.15) is 0 Å². The van der Waals surface area contributed by atoms with Crippen molar-refractivity contribution < 1.29 is 9.53 Å². The van der Waals surface area contributed by atoms with E-state index in [0.717, 1.165) is 16.7 Å². The Morgan fingerprint density at radius 1 is 1.09 bits per heavy atom. The maximum atomic E-state index is 11.2. The Kier molecular flexibility index (Phi) is 4.39. The summed E-state index contributed by atoms with van der Waals surface area (Å²) >= 11 is 1.77. The molecule has 1 heterocycles. The third-order valence-corrected chi connectivity index (χ3v) is 4.28. The second-order valence-electron chi connectivity index (χ2n) is 4.82. The summed E-state index contributed by atoms with van der Waals surface area (Å²) in [5.41, 5.74) is 1.90. The number of hydrogen-bond donors (Lipinski definition) is 0. The maximum absolute atomic E-state index is 11.2. The molecule has 2 aromatic carbocycles. The van der Waals surface area contributed by atoms with Crippen LogP contribution in [0, 0.1) is 0 Å². The van der Waals surface area contributed by atoms with Gasteiger partial charge >= 0.3 is 5.97 Å². The first-order valence-electron chi connectivity index (χ1n) is 6.97. The van der Waals surface area contributed by atoms with Gasteiger partial charge in [-0.15, -0.1) is 11.8 Å². The van der Waals surface area contributed by atoms with Crippen molar-refractivity contribution >= 4 is 28.6 Å². The van der Waals surface area contributed by atoms with E-state index in [0.29, 0.717) is 5.75 Å². The molecule has 0 aliphatic heterocycles. The zero-order valence-corrected chi connectivity index (χ0v) is 13.0. The molecular formula is C18H15NO2S. The molecule has 4 heteroatoms. The number of carbonyl (C=O) groups excluding carboxylic acids is 1. The van der Waals surface area contributed by atoms with E-state index in [2.05, 4.69) is 17.1 Å². The Labute approximate surface area is 133 Å². The fourth-order valence-corrected chi connectivity index (χ4v) is 3.17. The lowest BCUT2D eigenvalue weighted by Gasteiger charge is -2.10. The first-order chi connectivity index (χ1) is 10.7. The average molecular weight is 309 g/mol. The van der Waals surface area contributed by atoms with Crippen molar-refractivity contribution in [2.24, 2.45) is 0 Å². The molecule has 0 atom stereocenters. The molecule has 0 aliphatic carbocycles. The van der Waals surface area contributed by atoms with Crippen LogP contribution in [-0.4, -0.2) is 11.0 Å². The van der Waals surface area contributed by atoms with Crippen molar-refractivity contribution in [2.45, 2.75) is 17.6 Å². The number of hydrogen-bond acceptors (Lipinski definition) is 4. The second-order valence-corrected chi connectivity index (χ2v) is 5.87. The monoisotopic (exact) mass is 309 g/mol. The SMILES string of the molecule is CC(=O)Oc1ccc(CSc2ccccc2)c2cccnc12. The molecule has 1 aromatic heterocycles. The van der Waals surface area contributed by atoms with E-state index < -0.39 is 0 Å². The summed E-state index contributed by atoms with van der Waals surface area (Å²) in [6.07, 6.45) is 1.71. The van der Waals surface area contributed by atoms with Crippen LogP contribution in [0.2, 0.25) is 0 Å². The van der Waals surface area contributed by atoms with E-state index in [9.17, 15) is 4.79 Å². The molecule has 0 fully saturated rings. The van der Waals surface area contributed by atoms with Crippen molar-refractivity contribution in [3.63, 3.8) is 0 Å². The van der Waals surface area contributed by atoms with Crippen molar-refractivity contribution in [1.82, 2.24) is 4.98 Å². The number of pyridine rings is 1. The highest BCUT2D eigenvalue weighted by molar-refractivity contribution is 7.98. The highest BCUT2D eigenvalue weighted by Gasteiger charge is 2.10. The van der Waals surface area contributed by atoms with Crippen molar-refractivity contribution in [3.8, 4) is 5.75 Å². The van der Waals surface area contributed by atoms with E-state index in [4.69, 9.17) is 4.74 Å². The summed E-state index contributed by atoms with van der Waals surface area (Å²) in [5, 5.41) is 1.02. The normalized spacial score (nSPS) is 10.6. The fourth-order valence-electron chi connectivity index (χ4n) is 2.25. The van der Waals surface area contributed by atoms with E-state index >= 15 is 0 Å². The van der Waals surface area contributed by atoms with Gasteiger partial charge in [-0.05, 0) is 29.8 Å². The first kappa shape index (κ1) is 14.6. The highest BCUT2D eigenvalue weighted by Crippen LogP contribution is 2.31. The maximum Gasteiger partial charge on any atom is 0.308 e. The van der Waals surface area contributed by atoms with Crippen molar-refractivity contribution in [3.05, 3.63) is 66.4 Å². The summed E-state index contributed by atoms with van der Waals surface area (Å²) in [7, 11) is 0. The third kappa shape index (κ3) is 3.28. The van der Waals surface area contributed by atoms with E-state index in [1.807, 2.05) is 42.5 Å². The van der Waals surface area contributed by atoms with Crippen LogP contribution in [0.3, 0.4) is 0 Å². The summed E-state index contributed by atoms with van der Waals surface area (Å²) in [4.78, 5) is 16.8. The minimum absolute atomic E-state index is 0.335. The molecule has 0 bridgehead atoms. The van der Waals surface area contributed by atoms with Crippen LogP contribution in [0.15, 0.2) is 65.7 Å². The minimum Gasteiger partial charge on any atom is -0.424 e. The molecule has 0 aliphatic rings. The van der Waals surface area contributed by atoms with Crippen molar-refractivity contribution in [1.29, 1.82) is 0 Å². The van der Waals surface area contributed by atoms with Crippen LogP contribution in [0.25, 0.3) is 10.9 Å². The average Bonchev–Trinajstić information content (AvgIpc) is 2.55. The standard InChI is InChI=1S/C18H15NO2S/c1-13(20)21-17-10-9-14(16-8-5-11-19-18(16)17)12-22-15-6-3-2-4-7-15/h2-11H,12H2,1H3. The molecule has 0 amide bonds. The van der Waals surface area contributed by atoms with Gasteiger partial charge in [-0.25, -0.2) is 0 Å². The first-order valence-corrected chi connectivity index (χ1v) is 7.95. The van der Waals surface area contributed by atoms with Gasteiger partial charge in [0, 0.05) is 29.2 Å². The van der Waals surface area contributed by atoms with Gasteiger partial charge in [0.2, 0.25) is 0 Å². The Hall–Kier alpha value is -2.33. The zero-order chi connectivity index (χ0) is 15.4. The molecule has 0 unspecified atom stereocenters.